The highest BCUT2D eigenvalue weighted by atomic mass is 79.9. The number of hydrogen-bond acceptors (Lipinski definition) is 1. The van der Waals surface area contributed by atoms with Gasteiger partial charge in [-0.1, -0.05) is 42.6 Å². The van der Waals surface area contributed by atoms with Crippen LogP contribution in [0.2, 0.25) is 0 Å². The van der Waals surface area contributed by atoms with Crippen LogP contribution in [-0.4, -0.2) is 4.98 Å². The Morgan fingerprint density at radius 1 is 1.21 bits per heavy atom. The number of aromatic nitrogens is 1. The lowest BCUT2D eigenvalue weighted by molar-refractivity contribution is 0.556. The Morgan fingerprint density at radius 2 is 2.00 bits per heavy atom. The summed E-state index contributed by atoms with van der Waals surface area (Å²) >= 11 is 3.52. The second-order valence-corrected chi connectivity index (χ2v) is 6.19. The first-order valence-electron chi connectivity index (χ1n) is 7.22. The molecule has 0 amide bonds. The van der Waals surface area contributed by atoms with Crippen molar-refractivity contribution < 1.29 is 0 Å². The molecule has 0 saturated heterocycles. The number of nitrogens with zero attached hydrogens (tertiary/aromatic N) is 1. The molecular formula is C17H22BrN. The highest BCUT2D eigenvalue weighted by molar-refractivity contribution is 9.10. The second-order valence-electron chi connectivity index (χ2n) is 5.27. The average molecular weight is 320 g/mol. The predicted molar refractivity (Wildman–Crippen MR) is 86.7 cm³/mol. The smallest absolute Gasteiger partial charge is 0.0706 e. The molecule has 102 valence electrons. The summed E-state index contributed by atoms with van der Waals surface area (Å²) in [6, 6.07) is 8.60. The highest BCUT2D eigenvalue weighted by Gasteiger charge is 2.14. The van der Waals surface area contributed by atoms with Gasteiger partial charge in [0.15, 0.2) is 0 Å². The molecule has 1 aromatic carbocycles. The predicted octanol–water partition coefficient (Wildman–Crippen LogP) is 5.99. The molecule has 0 bridgehead atoms. The standard InChI is InChI=1S/C17H22BrN/c1-4-6-7-13(5-2)17-12(3)10-14-11-15(18)8-9-16(14)19-17/h8-11,13H,4-7H2,1-3H3. The van der Waals surface area contributed by atoms with E-state index in [9.17, 15) is 0 Å². The first-order valence-corrected chi connectivity index (χ1v) is 8.01. The largest absolute Gasteiger partial charge is 0.252 e. The van der Waals surface area contributed by atoms with Gasteiger partial charge in [-0.05, 0) is 49.6 Å². The molecule has 1 atom stereocenters. The molecule has 0 radical (unpaired) electrons. The first-order chi connectivity index (χ1) is 9.15. The number of hydrogen-bond donors (Lipinski definition) is 0. The molecule has 0 aliphatic carbocycles. The number of pyridine rings is 1. The average Bonchev–Trinajstić information content (AvgIpc) is 2.40. The summed E-state index contributed by atoms with van der Waals surface area (Å²) in [7, 11) is 0. The van der Waals surface area contributed by atoms with Crippen LogP contribution in [0.15, 0.2) is 28.7 Å². The van der Waals surface area contributed by atoms with Crippen molar-refractivity contribution in [3.8, 4) is 0 Å². The summed E-state index contributed by atoms with van der Waals surface area (Å²) in [5, 5.41) is 1.22. The Morgan fingerprint density at radius 3 is 2.68 bits per heavy atom. The third kappa shape index (κ3) is 3.36. The number of benzene rings is 1. The summed E-state index contributed by atoms with van der Waals surface area (Å²) < 4.78 is 1.12. The van der Waals surface area contributed by atoms with Gasteiger partial charge in [-0.3, -0.25) is 4.98 Å². The molecule has 0 spiro atoms. The summed E-state index contributed by atoms with van der Waals surface area (Å²) in [6.07, 6.45) is 4.98. The van der Waals surface area contributed by atoms with E-state index >= 15 is 0 Å². The number of rotatable bonds is 5. The zero-order valence-corrected chi connectivity index (χ0v) is 13.6. The van der Waals surface area contributed by atoms with E-state index in [1.54, 1.807) is 0 Å². The van der Waals surface area contributed by atoms with Gasteiger partial charge < -0.3 is 0 Å². The van der Waals surface area contributed by atoms with E-state index < -0.39 is 0 Å². The topological polar surface area (TPSA) is 12.9 Å². The summed E-state index contributed by atoms with van der Waals surface area (Å²) in [4.78, 5) is 4.92. The third-order valence-electron chi connectivity index (χ3n) is 3.79. The van der Waals surface area contributed by atoms with Gasteiger partial charge in [-0.15, -0.1) is 0 Å². The van der Waals surface area contributed by atoms with Gasteiger partial charge in [0.05, 0.1) is 5.52 Å². The van der Waals surface area contributed by atoms with Crippen LogP contribution in [0.1, 0.15) is 56.7 Å². The van der Waals surface area contributed by atoms with Crippen LogP contribution < -0.4 is 0 Å². The zero-order valence-electron chi connectivity index (χ0n) is 12.0. The number of unbranched alkanes of at least 4 members (excludes halogenated alkanes) is 1. The van der Waals surface area contributed by atoms with E-state index in [1.165, 1.54) is 42.3 Å². The van der Waals surface area contributed by atoms with E-state index in [-0.39, 0.29) is 0 Å². The van der Waals surface area contributed by atoms with Gasteiger partial charge in [0.25, 0.3) is 0 Å². The Hall–Kier alpha value is -0.890. The Kier molecular flexibility index (Phi) is 4.98. The maximum absolute atomic E-state index is 4.92. The van der Waals surface area contributed by atoms with E-state index in [4.69, 9.17) is 4.98 Å². The molecule has 0 fully saturated rings. The highest BCUT2D eigenvalue weighted by Crippen LogP contribution is 2.29. The zero-order chi connectivity index (χ0) is 13.8. The van der Waals surface area contributed by atoms with Gasteiger partial charge in [0.2, 0.25) is 0 Å². The molecule has 0 saturated carbocycles. The van der Waals surface area contributed by atoms with Gasteiger partial charge >= 0.3 is 0 Å². The van der Waals surface area contributed by atoms with Crippen LogP contribution >= 0.6 is 15.9 Å². The molecule has 1 aromatic heterocycles. The van der Waals surface area contributed by atoms with Gasteiger partial charge in [-0.25, -0.2) is 0 Å². The SMILES string of the molecule is CCCCC(CC)c1nc2ccc(Br)cc2cc1C. The molecule has 19 heavy (non-hydrogen) atoms. The molecular weight excluding hydrogens is 298 g/mol. The first kappa shape index (κ1) is 14.5. The lowest BCUT2D eigenvalue weighted by atomic mass is 9.92. The minimum Gasteiger partial charge on any atom is -0.252 e. The normalized spacial score (nSPS) is 12.8. The molecule has 1 nitrogen and oxygen atoms in total. The lowest BCUT2D eigenvalue weighted by Crippen LogP contribution is -2.03. The van der Waals surface area contributed by atoms with Gasteiger partial charge in [-0.2, -0.15) is 0 Å². The van der Waals surface area contributed by atoms with Gasteiger partial charge in [0, 0.05) is 21.5 Å². The van der Waals surface area contributed by atoms with Crippen LogP contribution in [-0.2, 0) is 0 Å². The Bertz CT molecular complexity index is 562. The van der Waals surface area contributed by atoms with Gasteiger partial charge in [0.1, 0.15) is 0 Å². The van der Waals surface area contributed by atoms with E-state index in [0.29, 0.717) is 5.92 Å². The minimum atomic E-state index is 0.605. The maximum atomic E-state index is 4.92. The molecule has 2 heteroatoms. The fourth-order valence-corrected chi connectivity index (χ4v) is 3.04. The number of aryl methyl sites for hydroxylation is 1. The molecule has 0 aliphatic rings. The summed E-state index contributed by atoms with van der Waals surface area (Å²) in [5.41, 5.74) is 3.73. The van der Waals surface area contributed by atoms with Crippen molar-refractivity contribution in [2.75, 3.05) is 0 Å². The van der Waals surface area contributed by atoms with E-state index in [0.717, 1.165) is 9.99 Å². The van der Waals surface area contributed by atoms with Crippen LogP contribution in [0.3, 0.4) is 0 Å². The van der Waals surface area contributed by atoms with Crippen molar-refractivity contribution in [1.29, 1.82) is 0 Å². The van der Waals surface area contributed by atoms with E-state index in [1.807, 2.05) is 0 Å². The van der Waals surface area contributed by atoms with Crippen molar-refractivity contribution in [1.82, 2.24) is 4.98 Å². The van der Waals surface area contributed by atoms with Crippen LogP contribution in [0.5, 0.6) is 0 Å². The number of fused-ring (bicyclic) bond motifs is 1. The van der Waals surface area contributed by atoms with Crippen molar-refractivity contribution in [2.24, 2.45) is 0 Å². The molecule has 1 unspecified atom stereocenters. The van der Waals surface area contributed by atoms with Crippen LogP contribution in [0.25, 0.3) is 10.9 Å². The third-order valence-corrected chi connectivity index (χ3v) is 4.29. The van der Waals surface area contributed by atoms with Crippen molar-refractivity contribution in [2.45, 2.75) is 52.4 Å². The molecule has 2 aromatic rings. The van der Waals surface area contributed by atoms with Crippen molar-refractivity contribution in [3.05, 3.63) is 40.0 Å². The lowest BCUT2D eigenvalue weighted by Gasteiger charge is -2.17. The van der Waals surface area contributed by atoms with Crippen LogP contribution in [0.4, 0.5) is 0 Å². The van der Waals surface area contributed by atoms with E-state index in [2.05, 4.69) is 61.0 Å². The molecule has 0 aliphatic heterocycles. The second kappa shape index (κ2) is 6.51. The van der Waals surface area contributed by atoms with Crippen molar-refractivity contribution in [3.63, 3.8) is 0 Å². The summed E-state index contributed by atoms with van der Waals surface area (Å²) in [5.74, 6) is 0.605. The molecule has 1 heterocycles. The van der Waals surface area contributed by atoms with Crippen LogP contribution in [0, 0.1) is 6.92 Å². The van der Waals surface area contributed by atoms with Crippen molar-refractivity contribution >= 4 is 26.8 Å². The monoisotopic (exact) mass is 319 g/mol. The maximum Gasteiger partial charge on any atom is 0.0706 e. The minimum absolute atomic E-state index is 0.605. The fraction of sp³-hybridized carbons (Fsp3) is 0.471. The molecule has 2 rings (SSSR count). The summed E-state index contributed by atoms with van der Waals surface area (Å²) in [6.45, 7) is 6.72. The quantitative estimate of drug-likeness (QED) is 0.659. The number of halogens is 1. The fourth-order valence-electron chi connectivity index (χ4n) is 2.67. The Labute approximate surface area is 124 Å². The Balaban J connectivity index is 2.42. The molecule has 0 N–H and O–H groups in total.